The van der Waals surface area contributed by atoms with Gasteiger partial charge in [-0.2, -0.15) is 11.8 Å². The molecule has 0 amide bonds. The van der Waals surface area contributed by atoms with Crippen molar-refractivity contribution in [1.82, 2.24) is 5.32 Å². The van der Waals surface area contributed by atoms with Gasteiger partial charge in [0.25, 0.3) is 0 Å². The van der Waals surface area contributed by atoms with E-state index >= 15 is 0 Å². The van der Waals surface area contributed by atoms with Crippen LogP contribution < -0.4 is 15.8 Å². The number of rotatable bonds is 8. The lowest BCUT2D eigenvalue weighted by Gasteiger charge is -2.22. The SMILES string of the molecule is COc1cc(CNCC(C)(O)CSC)ccc1/C(N)=N/O. The first-order valence-electron chi connectivity index (χ1n) is 6.50. The fraction of sp³-hybridized carbons (Fsp3) is 0.500. The lowest BCUT2D eigenvalue weighted by molar-refractivity contribution is 0.0846. The van der Waals surface area contributed by atoms with Crippen molar-refractivity contribution in [1.29, 1.82) is 0 Å². The van der Waals surface area contributed by atoms with Crippen molar-refractivity contribution in [2.24, 2.45) is 10.9 Å². The van der Waals surface area contributed by atoms with Gasteiger partial charge >= 0.3 is 0 Å². The Labute approximate surface area is 129 Å². The van der Waals surface area contributed by atoms with E-state index in [2.05, 4.69) is 10.5 Å². The van der Waals surface area contributed by atoms with Crippen molar-refractivity contribution in [3.63, 3.8) is 0 Å². The predicted molar refractivity (Wildman–Crippen MR) is 86.2 cm³/mol. The number of hydrogen-bond donors (Lipinski definition) is 4. The Kier molecular flexibility index (Phi) is 6.80. The Morgan fingerprint density at radius 1 is 1.52 bits per heavy atom. The highest BCUT2D eigenvalue weighted by molar-refractivity contribution is 7.98. The first-order chi connectivity index (χ1) is 9.93. The fourth-order valence-corrected chi connectivity index (χ4v) is 2.67. The molecule has 0 fully saturated rings. The summed E-state index contributed by atoms with van der Waals surface area (Å²) < 4.78 is 5.24. The summed E-state index contributed by atoms with van der Waals surface area (Å²) in [5.41, 5.74) is 6.37. The van der Waals surface area contributed by atoms with Crippen molar-refractivity contribution in [2.45, 2.75) is 19.1 Å². The van der Waals surface area contributed by atoms with E-state index in [9.17, 15) is 5.11 Å². The van der Waals surface area contributed by atoms with Gasteiger partial charge in [0.1, 0.15) is 5.75 Å². The molecule has 0 spiro atoms. The van der Waals surface area contributed by atoms with Gasteiger partial charge in [-0.15, -0.1) is 0 Å². The van der Waals surface area contributed by atoms with Gasteiger partial charge in [-0.05, 0) is 30.9 Å². The zero-order valence-electron chi connectivity index (χ0n) is 12.6. The third-order valence-electron chi connectivity index (χ3n) is 2.94. The second kappa shape index (κ2) is 8.11. The van der Waals surface area contributed by atoms with Crippen molar-refractivity contribution >= 4 is 17.6 Å². The summed E-state index contributed by atoms with van der Waals surface area (Å²) in [4.78, 5) is 0. The number of methoxy groups -OCH3 is 1. The highest BCUT2D eigenvalue weighted by Gasteiger charge is 2.18. The number of aliphatic hydroxyl groups is 1. The maximum Gasteiger partial charge on any atom is 0.173 e. The van der Waals surface area contributed by atoms with E-state index < -0.39 is 5.60 Å². The summed E-state index contributed by atoms with van der Waals surface area (Å²) in [6, 6.07) is 5.43. The molecule has 1 atom stereocenters. The molecule has 21 heavy (non-hydrogen) atoms. The number of thioether (sulfide) groups is 1. The number of nitrogens with zero attached hydrogens (tertiary/aromatic N) is 1. The smallest absolute Gasteiger partial charge is 0.173 e. The van der Waals surface area contributed by atoms with E-state index in [1.165, 1.54) is 7.11 Å². The molecule has 6 nitrogen and oxygen atoms in total. The minimum Gasteiger partial charge on any atom is -0.496 e. The van der Waals surface area contributed by atoms with Crippen LogP contribution in [0.3, 0.4) is 0 Å². The first-order valence-corrected chi connectivity index (χ1v) is 7.89. The number of nitrogens with two attached hydrogens (primary N) is 1. The molecule has 0 aromatic heterocycles. The van der Waals surface area contributed by atoms with E-state index in [-0.39, 0.29) is 5.84 Å². The number of benzene rings is 1. The third kappa shape index (κ3) is 5.45. The second-order valence-corrected chi connectivity index (χ2v) is 5.92. The summed E-state index contributed by atoms with van der Waals surface area (Å²) in [6.07, 6.45) is 1.96. The molecule has 5 N–H and O–H groups in total. The molecule has 0 saturated carbocycles. The molecule has 1 aromatic rings. The lowest BCUT2D eigenvalue weighted by Crippen LogP contribution is -2.39. The van der Waals surface area contributed by atoms with Gasteiger partial charge in [0.15, 0.2) is 5.84 Å². The molecule has 0 heterocycles. The molecule has 0 bridgehead atoms. The van der Waals surface area contributed by atoms with Gasteiger partial charge in [-0.25, -0.2) is 0 Å². The van der Waals surface area contributed by atoms with Gasteiger partial charge in [0, 0.05) is 18.8 Å². The number of oxime groups is 1. The molecular weight excluding hydrogens is 290 g/mol. The van der Waals surface area contributed by atoms with Crippen LogP contribution in [0.2, 0.25) is 0 Å². The molecule has 0 aliphatic heterocycles. The fourth-order valence-electron chi connectivity index (χ4n) is 1.95. The number of amidine groups is 1. The first kappa shape index (κ1) is 17.6. The van der Waals surface area contributed by atoms with Gasteiger partial charge in [0.2, 0.25) is 0 Å². The standard InChI is InChI=1S/C14H23N3O3S/c1-14(18,9-21-3)8-16-7-10-4-5-11(13(15)17-19)12(6-10)20-2/h4-6,16,18-19H,7-9H2,1-3H3,(H2,15,17). The van der Waals surface area contributed by atoms with Crippen LogP contribution in [0.5, 0.6) is 5.75 Å². The third-order valence-corrected chi connectivity index (χ3v) is 3.85. The lowest BCUT2D eigenvalue weighted by atomic mass is 10.1. The Morgan fingerprint density at radius 2 is 2.24 bits per heavy atom. The molecule has 1 unspecified atom stereocenters. The van der Waals surface area contributed by atoms with Crippen molar-refractivity contribution in [3.8, 4) is 5.75 Å². The Balaban J connectivity index is 2.69. The minimum absolute atomic E-state index is 0.00858. The van der Waals surface area contributed by atoms with Crippen LogP contribution >= 0.6 is 11.8 Å². The van der Waals surface area contributed by atoms with Crippen LogP contribution in [0.15, 0.2) is 23.4 Å². The summed E-state index contributed by atoms with van der Waals surface area (Å²) in [5.74, 6) is 1.22. The molecular formula is C14H23N3O3S. The largest absolute Gasteiger partial charge is 0.496 e. The van der Waals surface area contributed by atoms with Crippen LogP contribution in [0.4, 0.5) is 0 Å². The van der Waals surface area contributed by atoms with Crippen molar-refractivity contribution < 1.29 is 15.1 Å². The highest BCUT2D eigenvalue weighted by atomic mass is 32.2. The summed E-state index contributed by atoms with van der Waals surface area (Å²) >= 11 is 1.61. The monoisotopic (exact) mass is 313 g/mol. The van der Waals surface area contributed by atoms with E-state index in [1.807, 2.05) is 18.4 Å². The summed E-state index contributed by atoms with van der Waals surface area (Å²) in [5, 5.41) is 25.0. The topological polar surface area (TPSA) is 100 Å². The second-order valence-electron chi connectivity index (χ2n) is 5.05. The molecule has 0 radical (unpaired) electrons. The zero-order valence-corrected chi connectivity index (χ0v) is 13.4. The highest BCUT2D eigenvalue weighted by Crippen LogP contribution is 2.20. The van der Waals surface area contributed by atoms with E-state index in [4.69, 9.17) is 15.7 Å². The minimum atomic E-state index is -0.739. The number of nitrogens with one attached hydrogen (secondary N) is 1. The Hall–Kier alpha value is -1.44. The number of ether oxygens (including phenoxy) is 1. The molecule has 0 aliphatic carbocycles. The van der Waals surface area contributed by atoms with E-state index in [0.29, 0.717) is 30.2 Å². The summed E-state index contributed by atoms with van der Waals surface area (Å²) in [6.45, 7) is 2.90. The quantitative estimate of drug-likeness (QED) is 0.247. The van der Waals surface area contributed by atoms with Crippen LogP contribution in [-0.4, -0.2) is 47.4 Å². The van der Waals surface area contributed by atoms with Crippen LogP contribution in [0.1, 0.15) is 18.1 Å². The molecule has 118 valence electrons. The van der Waals surface area contributed by atoms with E-state index in [0.717, 1.165) is 5.56 Å². The van der Waals surface area contributed by atoms with Crippen LogP contribution in [-0.2, 0) is 6.54 Å². The Bertz CT molecular complexity index is 492. The van der Waals surface area contributed by atoms with Gasteiger partial charge in [-0.1, -0.05) is 11.2 Å². The van der Waals surface area contributed by atoms with Gasteiger partial charge in [-0.3, -0.25) is 0 Å². The van der Waals surface area contributed by atoms with Crippen molar-refractivity contribution in [2.75, 3.05) is 25.7 Å². The van der Waals surface area contributed by atoms with Gasteiger partial charge < -0.3 is 26.1 Å². The van der Waals surface area contributed by atoms with Crippen LogP contribution in [0, 0.1) is 0 Å². The molecule has 1 rings (SSSR count). The summed E-state index contributed by atoms with van der Waals surface area (Å²) in [7, 11) is 1.53. The molecule has 0 aliphatic rings. The molecule has 1 aromatic carbocycles. The average molecular weight is 313 g/mol. The average Bonchev–Trinajstić information content (AvgIpc) is 2.46. The van der Waals surface area contributed by atoms with Crippen LogP contribution in [0.25, 0.3) is 0 Å². The number of hydrogen-bond acceptors (Lipinski definition) is 6. The molecule has 7 heteroatoms. The zero-order chi connectivity index (χ0) is 15.9. The normalized spacial score (nSPS) is 14.8. The van der Waals surface area contributed by atoms with E-state index in [1.54, 1.807) is 24.8 Å². The van der Waals surface area contributed by atoms with Crippen molar-refractivity contribution in [3.05, 3.63) is 29.3 Å². The Morgan fingerprint density at radius 3 is 2.81 bits per heavy atom. The molecule has 0 saturated heterocycles. The maximum absolute atomic E-state index is 10.1. The van der Waals surface area contributed by atoms with Gasteiger partial charge in [0.05, 0.1) is 18.3 Å². The maximum atomic E-state index is 10.1. The predicted octanol–water partition coefficient (Wildman–Crippen LogP) is 0.993.